The zero-order valence-corrected chi connectivity index (χ0v) is 15.7. The lowest BCUT2D eigenvalue weighted by Gasteiger charge is -2.21. The fraction of sp³-hybridized carbons (Fsp3) is 0.273. The Bertz CT molecular complexity index is 962. The Morgan fingerprint density at radius 2 is 2.04 bits per heavy atom. The zero-order chi connectivity index (χ0) is 19.5. The van der Waals surface area contributed by atoms with E-state index in [4.69, 9.17) is 9.72 Å². The minimum atomic E-state index is -0.382. The molecule has 1 fully saturated rings. The number of nitrogens with zero attached hydrogens (tertiary/aromatic N) is 3. The Hall–Kier alpha value is -2.99. The summed E-state index contributed by atoms with van der Waals surface area (Å²) < 4.78 is 18.9. The van der Waals surface area contributed by atoms with Gasteiger partial charge >= 0.3 is 0 Å². The van der Waals surface area contributed by atoms with Gasteiger partial charge in [-0.3, -0.25) is 0 Å². The first kappa shape index (κ1) is 18.4. The van der Waals surface area contributed by atoms with E-state index in [0.29, 0.717) is 18.1 Å². The number of pyridine rings is 2. The molecule has 1 aromatic carbocycles. The highest BCUT2D eigenvalue weighted by Crippen LogP contribution is 2.29. The highest BCUT2D eigenvalue weighted by atomic mass is 19.1. The monoisotopic (exact) mass is 379 g/mol. The second kappa shape index (κ2) is 7.94. The molecule has 28 heavy (non-hydrogen) atoms. The molecule has 6 heteroatoms. The van der Waals surface area contributed by atoms with E-state index in [-0.39, 0.29) is 18.5 Å². The lowest BCUT2D eigenvalue weighted by Crippen LogP contribution is -2.26. The highest BCUT2D eigenvalue weighted by molar-refractivity contribution is 5.66. The van der Waals surface area contributed by atoms with Gasteiger partial charge in [0.05, 0.1) is 36.4 Å². The second-order valence-corrected chi connectivity index (χ2v) is 6.92. The third-order valence-electron chi connectivity index (χ3n) is 4.99. The summed E-state index contributed by atoms with van der Waals surface area (Å²) in [5.74, 6) is 0.0384. The van der Waals surface area contributed by atoms with Gasteiger partial charge in [0.25, 0.3) is 0 Å². The van der Waals surface area contributed by atoms with Crippen molar-refractivity contribution in [2.45, 2.75) is 26.1 Å². The summed E-state index contributed by atoms with van der Waals surface area (Å²) in [6, 6.07) is 15.0. The highest BCUT2D eigenvalue weighted by Gasteiger charge is 2.26. The van der Waals surface area contributed by atoms with Crippen LogP contribution in [0.2, 0.25) is 0 Å². The van der Waals surface area contributed by atoms with Crippen LogP contribution in [0.1, 0.15) is 17.7 Å². The Morgan fingerprint density at radius 3 is 2.79 bits per heavy atom. The molecule has 0 amide bonds. The number of aliphatic hydroxyl groups excluding tert-OH is 1. The van der Waals surface area contributed by atoms with Gasteiger partial charge in [0, 0.05) is 24.6 Å². The van der Waals surface area contributed by atoms with Gasteiger partial charge in [-0.05, 0) is 30.7 Å². The fourth-order valence-corrected chi connectivity index (χ4v) is 3.55. The molecule has 5 nitrogen and oxygen atoms in total. The molecule has 0 aliphatic carbocycles. The first-order valence-corrected chi connectivity index (χ1v) is 9.34. The van der Waals surface area contributed by atoms with Crippen molar-refractivity contribution in [3.05, 3.63) is 71.8 Å². The van der Waals surface area contributed by atoms with Crippen molar-refractivity contribution >= 4 is 5.69 Å². The van der Waals surface area contributed by atoms with Crippen molar-refractivity contribution < 1.29 is 14.2 Å². The summed E-state index contributed by atoms with van der Waals surface area (Å²) in [6.07, 6.45) is 1.93. The van der Waals surface area contributed by atoms with Crippen molar-refractivity contribution in [2.75, 3.05) is 18.0 Å². The molecule has 2 aromatic heterocycles. The number of aryl methyl sites for hydroxylation is 1. The van der Waals surface area contributed by atoms with Crippen LogP contribution in [-0.4, -0.2) is 34.3 Å². The van der Waals surface area contributed by atoms with Gasteiger partial charge in [-0.2, -0.15) is 0 Å². The Balaban J connectivity index is 1.51. The van der Waals surface area contributed by atoms with Gasteiger partial charge in [-0.1, -0.05) is 24.3 Å². The lowest BCUT2D eigenvalue weighted by molar-refractivity contribution is 0.215. The SMILES string of the molecule is Cc1ccccc1-c1ccc(N2CCC(Oc3ccc(F)cn3)C2)c(CO)n1. The van der Waals surface area contributed by atoms with Crippen LogP contribution in [0.25, 0.3) is 11.3 Å². The summed E-state index contributed by atoms with van der Waals surface area (Å²) in [7, 11) is 0. The van der Waals surface area contributed by atoms with Crippen molar-refractivity contribution in [3.8, 4) is 17.1 Å². The number of hydrogen-bond acceptors (Lipinski definition) is 5. The van der Waals surface area contributed by atoms with Crippen LogP contribution in [0.5, 0.6) is 5.88 Å². The molecule has 0 saturated carbocycles. The largest absolute Gasteiger partial charge is 0.472 e. The predicted octanol–water partition coefficient (Wildman–Crippen LogP) is 3.74. The molecule has 3 aromatic rings. The molecule has 0 spiro atoms. The van der Waals surface area contributed by atoms with Gasteiger partial charge in [0.15, 0.2) is 0 Å². The fourth-order valence-electron chi connectivity index (χ4n) is 3.55. The first-order chi connectivity index (χ1) is 13.6. The van der Waals surface area contributed by atoms with Crippen LogP contribution >= 0.6 is 0 Å². The molecule has 4 rings (SSSR count). The lowest BCUT2D eigenvalue weighted by atomic mass is 10.0. The molecule has 1 aliphatic heterocycles. The van der Waals surface area contributed by atoms with E-state index in [1.807, 2.05) is 30.3 Å². The first-order valence-electron chi connectivity index (χ1n) is 9.34. The summed E-state index contributed by atoms with van der Waals surface area (Å²) in [5.41, 5.74) is 4.63. The number of hydrogen-bond donors (Lipinski definition) is 1. The smallest absolute Gasteiger partial charge is 0.213 e. The number of anilines is 1. The molecule has 0 radical (unpaired) electrons. The minimum Gasteiger partial charge on any atom is -0.472 e. The normalized spacial score (nSPS) is 16.4. The van der Waals surface area contributed by atoms with Gasteiger partial charge in [0.1, 0.15) is 11.9 Å². The van der Waals surface area contributed by atoms with Gasteiger partial charge < -0.3 is 14.7 Å². The second-order valence-electron chi connectivity index (χ2n) is 6.92. The van der Waals surface area contributed by atoms with Crippen LogP contribution in [0.15, 0.2) is 54.7 Å². The Labute approximate surface area is 163 Å². The molecule has 1 saturated heterocycles. The van der Waals surface area contributed by atoms with Crippen LogP contribution in [0.4, 0.5) is 10.1 Å². The van der Waals surface area contributed by atoms with E-state index in [0.717, 1.165) is 41.7 Å². The average molecular weight is 379 g/mol. The number of aromatic nitrogens is 2. The van der Waals surface area contributed by atoms with E-state index >= 15 is 0 Å². The number of halogens is 1. The third kappa shape index (κ3) is 3.82. The maximum absolute atomic E-state index is 13.0. The number of aliphatic hydroxyl groups is 1. The Morgan fingerprint density at radius 1 is 1.18 bits per heavy atom. The van der Waals surface area contributed by atoms with Gasteiger partial charge in [-0.25, -0.2) is 14.4 Å². The predicted molar refractivity (Wildman–Crippen MR) is 106 cm³/mol. The summed E-state index contributed by atoms with van der Waals surface area (Å²) >= 11 is 0. The summed E-state index contributed by atoms with van der Waals surface area (Å²) in [6.45, 7) is 3.38. The molecule has 3 heterocycles. The maximum Gasteiger partial charge on any atom is 0.213 e. The molecule has 144 valence electrons. The molecule has 1 unspecified atom stereocenters. The third-order valence-corrected chi connectivity index (χ3v) is 4.99. The molecular weight excluding hydrogens is 357 g/mol. The van der Waals surface area contributed by atoms with E-state index in [2.05, 4.69) is 22.9 Å². The summed E-state index contributed by atoms with van der Waals surface area (Å²) in [4.78, 5) is 10.8. The van der Waals surface area contributed by atoms with E-state index < -0.39 is 0 Å². The maximum atomic E-state index is 13.0. The standard InChI is InChI=1S/C22H22FN3O2/c1-15-4-2-3-5-18(15)19-7-8-21(20(14-27)25-19)26-11-10-17(13-26)28-22-9-6-16(23)12-24-22/h2-9,12,17,27H,10-11,13-14H2,1H3. The average Bonchev–Trinajstić information content (AvgIpc) is 3.18. The van der Waals surface area contributed by atoms with Crippen molar-refractivity contribution in [1.82, 2.24) is 9.97 Å². The molecule has 1 aliphatic rings. The van der Waals surface area contributed by atoms with Crippen LogP contribution in [0, 0.1) is 12.7 Å². The molecular formula is C22H22FN3O2. The number of ether oxygens (including phenoxy) is 1. The minimum absolute atomic E-state index is 0.0412. The van der Waals surface area contributed by atoms with E-state index in [1.54, 1.807) is 0 Å². The topological polar surface area (TPSA) is 58.5 Å². The van der Waals surface area contributed by atoms with Crippen molar-refractivity contribution in [3.63, 3.8) is 0 Å². The van der Waals surface area contributed by atoms with E-state index in [9.17, 15) is 9.50 Å². The van der Waals surface area contributed by atoms with Crippen LogP contribution in [-0.2, 0) is 6.61 Å². The number of rotatable bonds is 5. The van der Waals surface area contributed by atoms with Gasteiger partial charge in [-0.15, -0.1) is 0 Å². The quantitative estimate of drug-likeness (QED) is 0.732. The van der Waals surface area contributed by atoms with Crippen molar-refractivity contribution in [2.24, 2.45) is 0 Å². The molecule has 1 N–H and O–H groups in total. The number of benzene rings is 1. The summed E-state index contributed by atoms with van der Waals surface area (Å²) in [5, 5.41) is 9.88. The van der Waals surface area contributed by atoms with E-state index in [1.165, 1.54) is 12.1 Å². The van der Waals surface area contributed by atoms with Crippen molar-refractivity contribution in [1.29, 1.82) is 0 Å². The van der Waals surface area contributed by atoms with Gasteiger partial charge in [0.2, 0.25) is 5.88 Å². The Kier molecular flexibility index (Phi) is 5.21. The van der Waals surface area contributed by atoms with Crippen LogP contribution in [0.3, 0.4) is 0 Å². The zero-order valence-electron chi connectivity index (χ0n) is 15.7. The van der Waals surface area contributed by atoms with Crippen LogP contribution < -0.4 is 9.64 Å². The molecule has 0 bridgehead atoms. The molecule has 1 atom stereocenters.